The van der Waals surface area contributed by atoms with E-state index in [1.165, 1.54) is 17.5 Å². The maximum atomic E-state index is 6.34. The van der Waals surface area contributed by atoms with Crippen LogP contribution in [0.1, 0.15) is 31.9 Å². The Bertz CT molecular complexity index is 1410. The first-order valence-corrected chi connectivity index (χ1v) is 11.0. The van der Waals surface area contributed by atoms with Crippen molar-refractivity contribution in [2.45, 2.75) is 50.7 Å². The molecule has 9 heteroatoms. The molecule has 1 saturated heterocycles. The molecule has 1 aromatic carbocycles. The summed E-state index contributed by atoms with van der Waals surface area (Å²) >= 11 is 0. The Hall–Kier alpha value is -3.56. The van der Waals surface area contributed by atoms with Gasteiger partial charge in [-0.05, 0) is 56.0 Å². The van der Waals surface area contributed by atoms with Crippen LogP contribution >= 0.6 is 0 Å². The first kappa shape index (κ1) is 20.1. The fraction of sp³-hybridized carbons (Fsp3) is 0.333. The molecule has 0 saturated carbocycles. The van der Waals surface area contributed by atoms with Gasteiger partial charge in [-0.1, -0.05) is 12.1 Å². The summed E-state index contributed by atoms with van der Waals surface area (Å²) in [5.41, 5.74) is 16.7. The van der Waals surface area contributed by atoms with Gasteiger partial charge in [-0.25, -0.2) is 15.0 Å². The fourth-order valence-electron chi connectivity index (χ4n) is 4.95. The van der Waals surface area contributed by atoms with Crippen LogP contribution in [0.25, 0.3) is 22.1 Å². The summed E-state index contributed by atoms with van der Waals surface area (Å²) in [7, 11) is 0. The second-order valence-electron chi connectivity index (χ2n) is 9.09. The number of benzene rings is 1. The van der Waals surface area contributed by atoms with Crippen LogP contribution < -0.4 is 11.5 Å². The number of nitrogen functional groups attached to an aromatic ring is 2. The van der Waals surface area contributed by atoms with Gasteiger partial charge in [0.15, 0.2) is 5.79 Å². The van der Waals surface area contributed by atoms with Crippen LogP contribution in [-0.4, -0.2) is 42.5 Å². The largest absolute Gasteiger partial charge is 0.383 e. The normalized spacial score (nSPS) is 23.8. The average Bonchev–Trinajstić information content (AvgIpc) is 3.43. The van der Waals surface area contributed by atoms with Crippen molar-refractivity contribution in [3.63, 3.8) is 0 Å². The van der Waals surface area contributed by atoms with E-state index in [2.05, 4.69) is 42.7 Å². The highest BCUT2D eigenvalue weighted by atomic mass is 16.8. The van der Waals surface area contributed by atoms with E-state index in [1.807, 2.05) is 32.2 Å². The molecule has 3 atom stereocenters. The van der Waals surface area contributed by atoms with Gasteiger partial charge in [0.1, 0.15) is 35.8 Å². The number of anilines is 2. The van der Waals surface area contributed by atoms with Crippen molar-refractivity contribution in [2.75, 3.05) is 11.5 Å². The van der Waals surface area contributed by atoms with Gasteiger partial charge < -0.3 is 25.5 Å². The lowest BCUT2D eigenvalue weighted by Crippen LogP contribution is -2.27. The molecule has 3 aromatic heterocycles. The van der Waals surface area contributed by atoms with Crippen molar-refractivity contribution in [3.8, 4) is 0 Å². The number of fused-ring (bicyclic) bond motifs is 3. The summed E-state index contributed by atoms with van der Waals surface area (Å²) in [6, 6.07) is 8.04. The Balaban J connectivity index is 1.32. The van der Waals surface area contributed by atoms with Gasteiger partial charge in [0.2, 0.25) is 0 Å². The van der Waals surface area contributed by atoms with E-state index in [9.17, 15) is 0 Å². The minimum absolute atomic E-state index is 0.0409. The Kier molecular flexibility index (Phi) is 4.40. The molecule has 0 spiro atoms. The fourth-order valence-corrected chi connectivity index (χ4v) is 4.95. The summed E-state index contributed by atoms with van der Waals surface area (Å²) < 4.78 is 14.8. The predicted molar refractivity (Wildman–Crippen MR) is 125 cm³/mol. The first-order valence-electron chi connectivity index (χ1n) is 11.0. The second-order valence-corrected chi connectivity index (χ2v) is 9.09. The number of ether oxygens (including phenoxy) is 2. The number of rotatable bonds is 4. The highest BCUT2D eigenvalue weighted by molar-refractivity contribution is 5.86. The molecule has 4 aromatic rings. The smallest absolute Gasteiger partial charge is 0.164 e. The molecule has 1 aliphatic heterocycles. The van der Waals surface area contributed by atoms with Crippen LogP contribution in [0.4, 0.5) is 11.6 Å². The third-order valence-electron chi connectivity index (χ3n) is 6.40. The molecule has 2 aliphatic rings. The van der Waals surface area contributed by atoms with Crippen molar-refractivity contribution in [1.82, 2.24) is 24.5 Å². The lowest BCUT2D eigenvalue weighted by molar-refractivity contribution is -0.147. The molecule has 4 N–H and O–H groups in total. The van der Waals surface area contributed by atoms with Crippen LogP contribution in [-0.2, 0) is 15.9 Å². The van der Waals surface area contributed by atoms with Crippen LogP contribution in [0, 0.1) is 0 Å². The molecule has 6 rings (SSSR count). The second kappa shape index (κ2) is 7.23. The minimum Gasteiger partial charge on any atom is -0.383 e. The third kappa shape index (κ3) is 3.40. The van der Waals surface area contributed by atoms with E-state index >= 15 is 0 Å². The summed E-state index contributed by atoms with van der Waals surface area (Å²) in [6.45, 7) is 3.92. The lowest BCUT2D eigenvalue weighted by Gasteiger charge is -2.22. The summed E-state index contributed by atoms with van der Waals surface area (Å²) in [5.74, 6) is 0.243. The van der Waals surface area contributed by atoms with Gasteiger partial charge in [-0.15, -0.1) is 0 Å². The van der Waals surface area contributed by atoms with Gasteiger partial charge in [-0.3, -0.25) is 4.98 Å². The zero-order valence-electron chi connectivity index (χ0n) is 18.5. The number of hydrogen-bond acceptors (Lipinski definition) is 8. The standard InChI is InChI=1S/C24H25N7O2/c1-24(2)32-20-14(5-3-13-4-6-16-17(9-13)30-19(25)11-27-16)10-18(21(20)33-24)31-8-7-15-22(26)28-12-29-23(15)31/h4,6-12,18,20-21H,3,5H2,1-2H3,(H2,25,30)(H2,26,28,29)/t18-,20-,21+/m1/s1. The number of hydrogen-bond donors (Lipinski definition) is 2. The molecule has 9 nitrogen and oxygen atoms in total. The lowest BCUT2D eigenvalue weighted by atomic mass is 10.0. The van der Waals surface area contributed by atoms with Gasteiger partial charge in [0.25, 0.3) is 0 Å². The van der Waals surface area contributed by atoms with Crippen molar-refractivity contribution in [3.05, 3.63) is 60.2 Å². The monoisotopic (exact) mass is 443 g/mol. The molecular formula is C24H25N7O2. The Morgan fingerprint density at radius 1 is 1.03 bits per heavy atom. The molecule has 4 heterocycles. The predicted octanol–water partition coefficient (Wildman–Crippen LogP) is 3.17. The zero-order chi connectivity index (χ0) is 22.7. The average molecular weight is 444 g/mol. The molecule has 1 aliphatic carbocycles. The highest BCUT2D eigenvalue weighted by Crippen LogP contribution is 2.45. The van der Waals surface area contributed by atoms with Crippen LogP contribution in [0.3, 0.4) is 0 Å². The Morgan fingerprint density at radius 3 is 2.79 bits per heavy atom. The number of aromatic nitrogens is 5. The summed E-state index contributed by atoms with van der Waals surface area (Å²) in [5, 5.41) is 0.839. The van der Waals surface area contributed by atoms with E-state index in [1.54, 1.807) is 6.20 Å². The van der Waals surface area contributed by atoms with E-state index < -0.39 is 5.79 Å². The maximum absolute atomic E-state index is 6.34. The molecule has 0 bridgehead atoms. The van der Waals surface area contributed by atoms with Gasteiger partial charge >= 0.3 is 0 Å². The molecule has 168 valence electrons. The van der Waals surface area contributed by atoms with Crippen LogP contribution in [0.15, 0.2) is 54.6 Å². The summed E-state index contributed by atoms with van der Waals surface area (Å²) in [4.78, 5) is 17.3. The van der Waals surface area contributed by atoms with E-state index in [0.717, 1.165) is 34.9 Å². The number of nitrogens with zero attached hydrogens (tertiary/aromatic N) is 5. The van der Waals surface area contributed by atoms with E-state index in [4.69, 9.17) is 20.9 Å². The van der Waals surface area contributed by atoms with Crippen molar-refractivity contribution in [1.29, 1.82) is 0 Å². The third-order valence-corrected chi connectivity index (χ3v) is 6.40. The van der Waals surface area contributed by atoms with Crippen molar-refractivity contribution < 1.29 is 9.47 Å². The zero-order valence-corrected chi connectivity index (χ0v) is 18.5. The minimum atomic E-state index is -0.653. The summed E-state index contributed by atoms with van der Waals surface area (Å²) in [6.07, 6.45) is 8.76. The van der Waals surface area contributed by atoms with Gasteiger partial charge in [0, 0.05) is 6.20 Å². The molecule has 0 radical (unpaired) electrons. The number of nitrogens with two attached hydrogens (primary N) is 2. The number of aryl methyl sites for hydroxylation is 1. The molecule has 1 fully saturated rings. The Labute approximate surface area is 190 Å². The van der Waals surface area contributed by atoms with Gasteiger partial charge in [0.05, 0.1) is 28.7 Å². The quantitative estimate of drug-likeness (QED) is 0.461. The Morgan fingerprint density at radius 2 is 1.91 bits per heavy atom. The van der Waals surface area contributed by atoms with Crippen molar-refractivity contribution in [2.24, 2.45) is 0 Å². The van der Waals surface area contributed by atoms with Gasteiger partial charge in [-0.2, -0.15) is 0 Å². The highest BCUT2D eigenvalue weighted by Gasteiger charge is 2.50. The molecular weight excluding hydrogens is 418 g/mol. The maximum Gasteiger partial charge on any atom is 0.164 e. The molecule has 33 heavy (non-hydrogen) atoms. The van der Waals surface area contributed by atoms with E-state index in [0.29, 0.717) is 11.6 Å². The first-order chi connectivity index (χ1) is 15.9. The van der Waals surface area contributed by atoms with Crippen LogP contribution in [0.2, 0.25) is 0 Å². The van der Waals surface area contributed by atoms with Crippen molar-refractivity contribution >= 4 is 33.7 Å². The SMILES string of the molecule is CC1(C)O[C@@H]2[C@H](O1)C(CCc1ccc3ncc(N)nc3c1)=C[C@H]2n1ccc2c(N)ncnc21. The van der Waals surface area contributed by atoms with Crippen LogP contribution in [0.5, 0.6) is 0 Å². The van der Waals surface area contributed by atoms with E-state index in [-0.39, 0.29) is 18.2 Å². The topological polar surface area (TPSA) is 127 Å². The molecule has 0 amide bonds. The molecule has 0 unspecified atom stereocenters.